The molecule has 0 aliphatic heterocycles. The van der Waals surface area contributed by atoms with Gasteiger partial charge in [-0.3, -0.25) is 0 Å². The first-order chi connectivity index (χ1) is 7.86. The molecule has 8 heteroatoms. The van der Waals surface area contributed by atoms with E-state index in [2.05, 4.69) is 0 Å². The average molecular weight is 262 g/mol. The van der Waals surface area contributed by atoms with E-state index >= 15 is 0 Å². The summed E-state index contributed by atoms with van der Waals surface area (Å²) in [7, 11) is 0. The fraction of sp³-hybridized carbons (Fsp3) is 0. The van der Waals surface area contributed by atoms with Crippen molar-refractivity contribution >= 4 is 10.8 Å². The molecular weight excluding hydrogens is 260 g/mol. The van der Waals surface area contributed by atoms with Gasteiger partial charge in [0, 0.05) is 6.07 Å². The zero-order chi connectivity index (χ0) is 12.9. The molecule has 92 valence electrons. The third-order valence-corrected chi connectivity index (χ3v) is 2.19. The van der Waals surface area contributed by atoms with Crippen molar-refractivity contribution in [3.8, 4) is 0 Å². The molecule has 0 fully saturated rings. The van der Waals surface area contributed by atoms with Crippen LogP contribution in [0.4, 0.5) is 30.7 Å². The molecule has 2 aromatic carbocycles. The van der Waals surface area contributed by atoms with Gasteiger partial charge in [-0.15, -0.1) is 0 Å². The first kappa shape index (κ1) is 14.9. The van der Waals surface area contributed by atoms with E-state index in [0.29, 0.717) is 0 Å². The molecule has 0 N–H and O–H groups in total. The molecule has 0 saturated carbocycles. The van der Waals surface area contributed by atoms with Crippen LogP contribution in [0.15, 0.2) is 6.07 Å². The SMILES string of the molecule is Fc1cc(F)c2c(F)c(F)c(F)c(F)c2c1F.[H-].[Li+]. The van der Waals surface area contributed by atoms with Gasteiger partial charge in [-0.25, -0.2) is 30.7 Å². The second kappa shape index (κ2) is 4.82. The molecule has 0 bridgehead atoms. The normalized spacial score (nSPS) is 10.6. The minimum Gasteiger partial charge on any atom is -1.00 e. The molecule has 0 aromatic heterocycles. The maximum Gasteiger partial charge on any atom is 1.00 e. The Hall–Kier alpha value is -1.19. The number of fused-ring (bicyclic) bond motifs is 1. The molecule has 0 saturated heterocycles. The molecule has 0 aliphatic rings. The Labute approximate surface area is 109 Å². The van der Waals surface area contributed by atoms with Gasteiger partial charge in [0.25, 0.3) is 0 Å². The van der Waals surface area contributed by atoms with E-state index in [0.717, 1.165) is 0 Å². The van der Waals surface area contributed by atoms with Crippen molar-refractivity contribution in [2.45, 2.75) is 0 Å². The summed E-state index contributed by atoms with van der Waals surface area (Å²) < 4.78 is 90.6. The number of hydrogen-bond acceptors (Lipinski definition) is 0. The molecule has 0 amide bonds. The van der Waals surface area contributed by atoms with E-state index in [1.807, 2.05) is 0 Å². The van der Waals surface area contributed by atoms with E-state index < -0.39 is 51.5 Å². The van der Waals surface area contributed by atoms with Gasteiger partial charge in [0.05, 0.1) is 10.8 Å². The van der Waals surface area contributed by atoms with Crippen LogP contribution in [0.5, 0.6) is 0 Å². The molecule has 0 atom stereocenters. The largest absolute Gasteiger partial charge is 1.00 e. The van der Waals surface area contributed by atoms with Gasteiger partial charge in [0.15, 0.2) is 34.9 Å². The molecular formula is C10H2F7Li. The van der Waals surface area contributed by atoms with Crippen LogP contribution in [0.2, 0.25) is 0 Å². The molecule has 2 aromatic rings. The number of hydrogen-bond donors (Lipinski definition) is 0. The molecule has 0 spiro atoms. The van der Waals surface area contributed by atoms with Crippen LogP contribution in [0.1, 0.15) is 1.43 Å². The second-order valence-electron chi connectivity index (χ2n) is 3.16. The van der Waals surface area contributed by atoms with E-state index in [1.54, 1.807) is 0 Å². The predicted molar refractivity (Wildman–Crippen MR) is 44.8 cm³/mol. The fourth-order valence-electron chi connectivity index (χ4n) is 1.43. The summed E-state index contributed by atoms with van der Waals surface area (Å²) in [6.45, 7) is 0. The molecule has 0 heterocycles. The monoisotopic (exact) mass is 262 g/mol. The van der Waals surface area contributed by atoms with Crippen LogP contribution in [0, 0.1) is 40.7 Å². The summed E-state index contributed by atoms with van der Waals surface area (Å²) in [5.41, 5.74) is 0. The van der Waals surface area contributed by atoms with Crippen molar-refractivity contribution in [3.63, 3.8) is 0 Å². The number of benzene rings is 2. The first-order valence-electron chi connectivity index (χ1n) is 4.15. The summed E-state index contributed by atoms with van der Waals surface area (Å²) in [5, 5.41) is -3.07. The molecule has 0 nitrogen and oxygen atoms in total. The molecule has 2 rings (SSSR count). The van der Waals surface area contributed by atoms with Crippen LogP contribution >= 0.6 is 0 Å². The number of halogens is 7. The van der Waals surface area contributed by atoms with Crippen molar-refractivity contribution in [3.05, 3.63) is 46.8 Å². The quantitative estimate of drug-likeness (QED) is 0.287. The average Bonchev–Trinajstić information content (AvgIpc) is 2.28. The number of rotatable bonds is 0. The van der Waals surface area contributed by atoms with Gasteiger partial charge in [-0.05, 0) is 0 Å². The summed E-state index contributed by atoms with van der Waals surface area (Å²) in [6, 6.07) is -0.0858. The maximum absolute atomic E-state index is 13.1. The maximum atomic E-state index is 13.1. The van der Waals surface area contributed by atoms with Gasteiger partial charge >= 0.3 is 18.9 Å². The van der Waals surface area contributed by atoms with Crippen molar-refractivity contribution in [2.24, 2.45) is 0 Å². The Morgan fingerprint density at radius 2 is 1.00 bits per heavy atom. The Morgan fingerprint density at radius 3 is 1.50 bits per heavy atom. The molecule has 0 unspecified atom stereocenters. The van der Waals surface area contributed by atoms with E-state index in [-0.39, 0.29) is 26.4 Å². The summed E-state index contributed by atoms with van der Waals surface area (Å²) in [5.74, 6) is -14.5. The van der Waals surface area contributed by atoms with Gasteiger partial charge in [0.2, 0.25) is 0 Å². The topological polar surface area (TPSA) is 0 Å². The van der Waals surface area contributed by atoms with Crippen molar-refractivity contribution in [1.29, 1.82) is 0 Å². The van der Waals surface area contributed by atoms with E-state index in [9.17, 15) is 30.7 Å². The summed E-state index contributed by atoms with van der Waals surface area (Å²) in [4.78, 5) is 0. The van der Waals surface area contributed by atoms with Gasteiger partial charge in [0.1, 0.15) is 5.82 Å². The van der Waals surface area contributed by atoms with Crippen molar-refractivity contribution in [1.82, 2.24) is 0 Å². The smallest absolute Gasteiger partial charge is 1.00 e. The summed E-state index contributed by atoms with van der Waals surface area (Å²) >= 11 is 0. The molecule has 0 aliphatic carbocycles. The zero-order valence-electron chi connectivity index (χ0n) is 9.72. The van der Waals surface area contributed by atoms with E-state index in [1.165, 1.54) is 0 Å². The summed E-state index contributed by atoms with van der Waals surface area (Å²) in [6.07, 6.45) is 0. The van der Waals surface area contributed by atoms with Crippen molar-refractivity contribution in [2.75, 3.05) is 0 Å². The van der Waals surface area contributed by atoms with Crippen molar-refractivity contribution < 1.29 is 51.0 Å². The predicted octanol–water partition coefficient (Wildman–Crippen LogP) is 0.930. The third-order valence-electron chi connectivity index (χ3n) is 2.19. The molecule has 0 radical (unpaired) electrons. The third kappa shape index (κ3) is 1.87. The minimum atomic E-state index is -2.33. The van der Waals surface area contributed by atoms with Crippen LogP contribution < -0.4 is 18.9 Å². The minimum absolute atomic E-state index is 0. The second-order valence-corrected chi connectivity index (χ2v) is 3.16. The zero-order valence-corrected chi connectivity index (χ0v) is 8.72. The van der Waals surface area contributed by atoms with Crippen LogP contribution in [-0.4, -0.2) is 0 Å². The van der Waals surface area contributed by atoms with Crippen LogP contribution in [0.3, 0.4) is 0 Å². The van der Waals surface area contributed by atoms with Gasteiger partial charge < -0.3 is 1.43 Å². The van der Waals surface area contributed by atoms with Gasteiger partial charge in [-0.1, -0.05) is 0 Å². The Balaban J connectivity index is 0.00000162. The Morgan fingerprint density at radius 1 is 0.556 bits per heavy atom. The standard InChI is InChI=1S/C10HF7.Li.H/c11-2-1-3(12)6(13)5-4(2)7(14)9(16)10(17)8(5)15;;/h1H;;/q;+1;-1. The Bertz CT molecular complexity index is 644. The van der Waals surface area contributed by atoms with Crippen LogP contribution in [-0.2, 0) is 0 Å². The van der Waals surface area contributed by atoms with Gasteiger partial charge in [-0.2, -0.15) is 0 Å². The first-order valence-corrected chi connectivity index (χ1v) is 4.15. The molecule has 18 heavy (non-hydrogen) atoms. The van der Waals surface area contributed by atoms with E-state index in [4.69, 9.17) is 0 Å². The fourth-order valence-corrected chi connectivity index (χ4v) is 1.43. The Kier molecular flexibility index (Phi) is 3.98. The van der Waals surface area contributed by atoms with Crippen LogP contribution in [0.25, 0.3) is 10.8 Å².